The molecule has 1 heterocycles. The predicted octanol–water partition coefficient (Wildman–Crippen LogP) is 4.29. The number of rotatable bonds is 6. The number of aryl methyl sites for hydroxylation is 4. The average Bonchev–Trinajstić information content (AvgIpc) is 2.93. The van der Waals surface area contributed by atoms with E-state index >= 15 is 0 Å². The van der Waals surface area contributed by atoms with Crippen LogP contribution in [0.15, 0.2) is 23.3 Å². The van der Waals surface area contributed by atoms with Gasteiger partial charge in [-0.2, -0.15) is 0 Å². The van der Waals surface area contributed by atoms with Crippen LogP contribution in [0.25, 0.3) is 0 Å². The van der Waals surface area contributed by atoms with Gasteiger partial charge in [0.2, 0.25) is 0 Å². The van der Waals surface area contributed by atoms with Gasteiger partial charge < -0.3 is 10.6 Å². The molecule has 0 saturated carbocycles. The third-order valence-electron chi connectivity index (χ3n) is 3.89. The highest BCUT2D eigenvalue weighted by Crippen LogP contribution is 2.16. The van der Waals surface area contributed by atoms with E-state index in [9.17, 15) is 0 Å². The van der Waals surface area contributed by atoms with Crippen LogP contribution in [0.4, 0.5) is 0 Å². The van der Waals surface area contributed by atoms with Gasteiger partial charge in [0.1, 0.15) is 5.01 Å². The van der Waals surface area contributed by atoms with Crippen molar-refractivity contribution in [1.82, 2.24) is 15.6 Å². The van der Waals surface area contributed by atoms with Crippen molar-refractivity contribution in [2.45, 2.75) is 47.6 Å². The molecular formula is C19H29IN4S. The van der Waals surface area contributed by atoms with Crippen molar-refractivity contribution in [3.05, 3.63) is 50.5 Å². The molecule has 1 aromatic heterocycles. The first-order chi connectivity index (χ1) is 11.5. The first kappa shape index (κ1) is 21.9. The van der Waals surface area contributed by atoms with E-state index < -0.39 is 0 Å². The zero-order chi connectivity index (χ0) is 17.5. The summed E-state index contributed by atoms with van der Waals surface area (Å²) in [5.41, 5.74) is 5.50. The number of halogens is 1. The molecular weight excluding hydrogens is 443 g/mol. The Balaban J connectivity index is 0.00000312. The van der Waals surface area contributed by atoms with Crippen molar-refractivity contribution in [1.29, 1.82) is 0 Å². The van der Waals surface area contributed by atoms with Gasteiger partial charge in [-0.1, -0.05) is 17.7 Å². The van der Waals surface area contributed by atoms with Crippen LogP contribution in [0.2, 0.25) is 0 Å². The van der Waals surface area contributed by atoms with Crippen LogP contribution in [0, 0.1) is 27.7 Å². The highest BCUT2D eigenvalue weighted by molar-refractivity contribution is 14.0. The Hall–Kier alpha value is -1.15. The van der Waals surface area contributed by atoms with Crippen LogP contribution in [0.3, 0.4) is 0 Å². The van der Waals surface area contributed by atoms with E-state index in [4.69, 9.17) is 0 Å². The fourth-order valence-electron chi connectivity index (χ4n) is 2.87. The lowest BCUT2D eigenvalue weighted by atomic mass is 9.97. The molecule has 0 fully saturated rings. The molecule has 0 saturated heterocycles. The van der Waals surface area contributed by atoms with Crippen molar-refractivity contribution >= 4 is 41.3 Å². The van der Waals surface area contributed by atoms with E-state index in [-0.39, 0.29) is 24.0 Å². The summed E-state index contributed by atoms with van der Waals surface area (Å²) in [6.07, 6.45) is 2.90. The van der Waals surface area contributed by atoms with Gasteiger partial charge in [0.05, 0.1) is 6.54 Å². The average molecular weight is 472 g/mol. The Bertz CT molecular complexity index is 686. The number of aromatic nitrogens is 1. The van der Waals surface area contributed by atoms with E-state index in [0.29, 0.717) is 6.54 Å². The molecule has 0 atom stereocenters. The number of thiazole rings is 1. The monoisotopic (exact) mass is 472 g/mol. The minimum Gasteiger partial charge on any atom is -0.357 e. The Morgan fingerprint density at radius 3 is 2.36 bits per heavy atom. The van der Waals surface area contributed by atoms with Gasteiger partial charge in [-0.3, -0.25) is 0 Å². The van der Waals surface area contributed by atoms with Crippen LogP contribution in [0.1, 0.15) is 39.1 Å². The van der Waals surface area contributed by atoms with Crippen LogP contribution < -0.4 is 10.6 Å². The van der Waals surface area contributed by atoms with Gasteiger partial charge >= 0.3 is 0 Å². The molecule has 0 unspecified atom stereocenters. The molecule has 0 spiro atoms. The van der Waals surface area contributed by atoms with Gasteiger partial charge in [0.15, 0.2) is 5.96 Å². The number of benzene rings is 1. The lowest BCUT2D eigenvalue weighted by molar-refractivity contribution is 0.794. The Labute approximate surface area is 172 Å². The zero-order valence-electron chi connectivity index (χ0n) is 15.8. The minimum absolute atomic E-state index is 0. The maximum absolute atomic E-state index is 4.63. The molecule has 2 aromatic rings. The highest BCUT2D eigenvalue weighted by atomic mass is 127. The summed E-state index contributed by atoms with van der Waals surface area (Å²) in [5.74, 6) is 0.854. The third kappa shape index (κ3) is 6.93. The van der Waals surface area contributed by atoms with Crippen molar-refractivity contribution in [2.75, 3.05) is 13.1 Å². The molecule has 2 N–H and O–H groups in total. The molecule has 0 amide bonds. The second-order valence-corrected chi connectivity index (χ2v) is 7.43. The summed E-state index contributed by atoms with van der Waals surface area (Å²) >= 11 is 1.70. The van der Waals surface area contributed by atoms with E-state index in [0.717, 1.165) is 30.5 Å². The molecule has 0 radical (unpaired) electrons. The van der Waals surface area contributed by atoms with Crippen LogP contribution in [-0.2, 0) is 13.0 Å². The summed E-state index contributed by atoms with van der Waals surface area (Å²) < 4.78 is 0. The van der Waals surface area contributed by atoms with Crippen molar-refractivity contribution < 1.29 is 0 Å². The first-order valence-electron chi connectivity index (χ1n) is 8.49. The van der Waals surface area contributed by atoms with E-state index in [2.05, 4.69) is 67.4 Å². The number of hydrogen-bond acceptors (Lipinski definition) is 3. The molecule has 2 rings (SSSR count). The Morgan fingerprint density at radius 1 is 1.12 bits per heavy atom. The molecule has 0 aliphatic heterocycles. The number of nitrogens with one attached hydrogen (secondary N) is 2. The fraction of sp³-hybridized carbons (Fsp3) is 0.474. The second kappa shape index (κ2) is 10.8. The molecule has 138 valence electrons. The SMILES string of the molecule is CCNC(=NCc1ncc(C)s1)NCCc1c(C)cc(C)cc1C.I. The zero-order valence-corrected chi connectivity index (χ0v) is 18.9. The number of nitrogens with zero attached hydrogens (tertiary/aromatic N) is 2. The number of guanidine groups is 1. The smallest absolute Gasteiger partial charge is 0.191 e. The van der Waals surface area contributed by atoms with Crippen LogP contribution >= 0.6 is 35.3 Å². The molecule has 0 aliphatic carbocycles. The largest absolute Gasteiger partial charge is 0.357 e. The maximum atomic E-state index is 4.63. The first-order valence-corrected chi connectivity index (χ1v) is 9.31. The Morgan fingerprint density at radius 2 is 1.80 bits per heavy atom. The van der Waals surface area contributed by atoms with Crippen LogP contribution in [0.5, 0.6) is 0 Å². The molecule has 25 heavy (non-hydrogen) atoms. The second-order valence-electron chi connectivity index (χ2n) is 6.11. The number of aliphatic imine (C=N–C) groups is 1. The van der Waals surface area contributed by atoms with Crippen molar-refractivity contribution in [2.24, 2.45) is 4.99 Å². The van der Waals surface area contributed by atoms with Crippen molar-refractivity contribution in [3.8, 4) is 0 Å². The lowest BCUT2D eigenvalue weighted by Crippen LogP contribution is -2.38. The molecule has 1 aromatic carbocycles. The van der Waals surface area contributed by atoms with E-state index in [1.54, 1.807) is 11.3 Å². The van der Waals surface area contributed by atoms with Gasteiger partial charge in [0, 0.05) is 24.2 Å². The minimum atomic E-state index is 0. The van der Waals surface area contributed by atoms with Crippen molar-refractivity contribution in [3.63, 3.8) is 0 Å². The third-order valence-corrected chi connectivity index (χ3v) is 4.79. The van der Waals surface area contributed by atoms with Gasteiger partial charge in [-0.15, -0.1) is 35.3 Å². The summed E-state index contributed by atoms with van der Waals surface area (Å²) in [5, 5.41) is 7.78. The summed E-state index contributed by atoms with van der Waals surface area (Å²) in [4.78, 5) is 10.2. The fourth-order valence-corrected chi connectivity index (χ4v) is 3.58. The number of hydrogen-bond donors (Lipinski definition) is 2. The molecule has 0 bridgehead atoms. The van der Waals surface area contributed by atoms with Crippen LogP contribution in [-0.4, -0.2) is 24.0 Å². The maximum Gasteiger partial charge on any atom is 0.191 e. The van der Waals surface area contributed by atoms with E-state index in [1.807, 2.05) is 6.20 Å². The molecule has 4 nitrogen and oxygen atoms in total. The standard InChI is InChI=1S/C19H28N4S.HI/c1-6-20-19(23-12-18-22-11-16(5)24-18)21-8-7-17-14(3)9-13(2)10-15(17)4;/h9-11H,6-8,12H2,1-5H3,(H2,20,21,23);1H. The highest BCUT2D eigenvalue weighted by Gasteiger charge is 2.05. The lowest BCUT2D eigenvalue weighted by Gasteiger charge is -2.14. The summed E-state index contributed by atoms with van der Waals surface area (Å²) in [6, 6.07) is 4.51. The normalized spacial score (nSPS) is 11.2. The summed E-state index contributed by atoms with van der Waals surface area (Å²) in [6.45, 7) is 13.0. The molecule has 0 aliphatic rings. The Kier molecular flexibility index (Phi) is 9.42. The van der Waals surface area contributed by atoms with E-state index in [1.165, 1.54) is 27.1 Å². The quantitative estimate of drug-likeness (QED) is 0.375. The van der Waals surface area contributed by atoms with Gasteiger partial charge in [-0.05, 0) is 57.7 Å². The van der Waals surface area contributed by atoms with Gasteiger partial charge in [-0.25, -0.2) is 9.98 Å². The topological polar surface area (TPSA) is 49.3 Å². The predicted molar refractivity (Wildman–Crippen MR) is 119 cm³/mol. The molecule has 6 heteroatoms. The summed E-state index contributed by atoms with van der Waals surface area (Å²) in [7, 11) is 0. The van der Waals surface area contributed by atoms with Gasteiger partial charge in [0.25, 0.3) is 0 Å².